The van der Waals surface area contributed by atoms with Crippen molar-refractivity contribution in [2.24, 2.45) is 0 Å². The number of likely N-dealkylation sites (tertiary alicyclic amines) is 1. The van der Waals surface area contributed by atoms with Crippen LogP contribution in [0, 0.1) is 0 Å². The molecule has 21 heavy (non-hydrogen) atoms. The van der Waals surface area contributed by atoms with E-state index in [0.29, 0.717) is 10.8 Å². The van der Waals surface area contributed by atoms with Crippen LogP contribution in [0.15, 0.2) is 18.2 Å². The van der Waals surface area contributed by atoms with Gasteiger partial charge < -0.3 is 19.5 Å². The molecule has 2 atom stereocenters. The zero-order valence-electron chi connectivity index (χ0n) is 11.7. The van der Waals surface area contributed by atoms with Gasteiger partial charge in [0.2, 0.25) is 0 Å². The van der Waals surface area contributed by atoms with Crippen molar-refractivity contribution in [1.29, 1.82) is 0 Å². The van der Waals surface area contributed by atoms with Crippen LogP contribution in [0.25, 0.3) is 0 Å². The molecule has 1 aliphatic heterocycles. The molecule has 6 nitrogen and oxygen atoms in total. The van der Waals surface area contributed by atoms with E-state index in [2.05, 4.69) is 4.74 Å². The fourth-order valence-corrected chi connectivity index (χ4v) is 2.57. The number of benzene rings is 1. The molecule has 7 heteroatoms. The van der Waals surface area contributed by atoms with E-state index in [9.17, 15) is 14.7 Å². The molecule has 1 saturated heterocycles. The van der Waals surface area contributed by atoms with E-state index >= 15 is 0 Å². The summed E-state index contributed by atoms with van der Waals surface area (Å²) in [5, 5.41) is 10.1. The summed E-state index contributed by atoms with van der Waals surface area (Å²) in [5.74, 6) is -0.628. The topological polar surface area (TPSA) is 76.1 Å². The molecule has 1 aromatic rings. The van der Waals surface area contributed by atoms with E-state index in [1.165, 1.54) is 25.2 Å². The van der Waals surface area contributed by atoms with Crippen LogP contribution >= 0.6 is 11.6 Å². The number of rotatable bonds is 3. The first-order valence-corrected chi connectivity index (χ1v) is 6.76. The van der Waals surface area contributed by atoms with Gasteiger partial charge >= 0.3 is 5.97 Å². The third-order valence-corrected chi connectivity index (χ3v) is 3.64. The first-order valence-electron chi connectivity index (χ1n) is 6.38. The van der Waals surface area contributed by atoms with E-state index in [0.717, 1.165) is 0 Å². The lowest BCUT2D eigenvalue weighted by atomic mass is 10.1. The number of ether oxygens (including phenoxy) is 2. The largest absolute Gasteiger partial charge is 0.496 e. The normalized spacial score (nSPS) is 21.2. The molecule has 2 unspecified atom stereocenters. The Morgan fingerprint density at radius 3 is 2.71 bits per heavy atom. The minimum Gasteiger partial charge on any atom is -0.496 e. The number of aliphatic hydroxyl groups is 1. The summed E-state index contributed by atoms with van der Waals surface area (Å²) < 4.78 is 9.82. The Bertz CT molecular complexity index is 562. The summed E-state index contributed by atoms with van der Waals surface area (Å²) in [6.45, 7) is 0.0638. The van der Waals surface area contributed by atoms with Gasteiger partial charge in [-0.25, -0.2) is 4.79 Å². The number of β-amino-alcohol motifs (C(OH)–C–C–N with tert-alkyl or cyclic N) is 1. The zero-order chi connectivity index (χ0) is 15.6. The van der Waals surface area contributed by atoms with Gasteiger partial charge in [0.15, 0.2) is 0 Å². The molecule has 1 aliphatic rings. The molecule has 0 aliphatic carbocycles. The van der Waals surface area contributed by atoms with E-state index in [4.69, 9.17) is 16.3 Å². The van der Waals surface area contributed by atoms with Gasteiger partial charge in [-0.2, -0.15) is 0 Å². The Morgan fingerprint density at radius 2 is 2.10 bits per heavy atom. The number of aliphatic hydroxyl groups excluding tert-OH is 1. The van der Waals surface area contributed by atoms with Crippen LogP contribution in [0.3, 0.4) is 0 Å². The van der Waals surface area contributed by atoms with Crippen LogP contribution in [0.1, 0.15) is 16.8 Å². The molecule has 1 heterocycles. The van der Waals surface area contributed by atoms with Crippen molar-refractivity contribution in [1.82, 2.24) is 4.90 Å². The van der Waals surface area contributed by atoms with Crippen molar-refractivity contribution in [3.63, 3.8) is 0 Å². The Kier molecular flexibility index (Phi) is 4.69. The molecule has 0 radical (unpaired) electrons. The quantitative estimate of drug-likeness (QED) is 0.846. The minimum atomic E-state index is -0.804. The summed E-state index contributed by atoms with van der Waals surface area (Å²) in [6, 6.07) is 3.85. The maximum absolute atomic E-state index is 12.6. The lowest BCUT2D eigenvalue weighted by Crippen LogP contribution is -2.41. The molecule has 114 valence electrons. The summed E-state index contributed by atoms with van der Waals surface area (Å²) in [7, 11) is 2.69. The molecular formula is C14H16ClNO5. The third kappa shape index (κ3) is 3.11. The van der Waals surface area contributed by atoms with Crippen LogP contribution in [-0.2, 0) is 9.53 Å². The van der Waals surface area contributed by atoms with Crippen molar-refractivity contribution >= 4 is 23.5 Å². The zero-order valence-corrected chi connectivity index (χ0v) is 12.5. The van der Waals surface area contributed by atoms with Gasteiger partial charge in [0.25, 0.3) is 5.91 Å². The van der Waals surface area contributed by atoms with Gasteiger partial charge in [0, 0.05) is 18.0 Å². The second kappa shape index (κ2) is 6.32. The van der Waals surface area contributed by atoms with Gasteiger partial charge in [-0.3, -0.25) is 4.79 Å². The number of amides is 1. The van der Waals surface area contributed by atoms with Crippen LogP contribution in [0.4, 0.5) is 0 Å². The van der Waals surface area contributed by atoms with Crippen molar-refractivity contribution in [2.75, 3.05) is 20.8 Å². The summed E-state index contributed by atoms with van der Waals surface area (Å²) in [6.07, 6.45) is -0.607. The predicted octanol–water partition coefficient (Wildman–Crippen LogP) is 1.10. The Balaban J connectivity index is 2.34. The minimum absolute atomic E-state index is 0.0638. The average molecular weight is 314 g/mol. The van der Waals surface area contributed by atoms with Gasteiger partial charge in [-0.1, -0.05) is 11.6 Å². The average Bonchev–Trinajstić information content (AvgIpc) is 2.87. The lowest BCUT2D eigenvalue weighted by molar-refractivity contribution is -0.145. The highest BCUT2D eigenvalue weighted by atomic mass is 35.5. The highest BCUT2D eigenvalue weighted by Gasteiger charge is 2.40. The molecular weight excluding hydrogens is 298 g/mol. The standard InChI is InChI=1S/C14H16ClNO5/c1-20-12-4-3-8(15)5-10(12)13(18)16-7-9(17)6-11(16)14(19)21-2/h3-5,9,11,17H,6-7H2,1-2H3. The number of carbonyl (C=O) groups excluding carboxylic acids is 2. The fourth-order valence-electron chi connectivity index (χ4n) is 2.40. The summed E-state index contributed by atoms with van der Waals surface area (Å²) in [4.78, 5) is 25.6. The van der Waals surface area contributed by atoms with Gasteiger partial charge in [-0.15, -0.1) is 0 Å². The Labute approximate surface area is 127 Å². The van der Waals surface area contributed by atoms with Crippen LogP contribution in [0.2, 0.25) is 5.02 Å². The highest BCUT2D eigenvalue weighted by molar-refractivity contribution is 6.31. The van der Waals surface area contributed by atoms with Crippen molar-refractivity contribution < 1.29 is 24.2 Å². The van der Waals surface area contributed by atoms with E-state index < -0.39 is 24.0 Å². The van der Waals surface area contributed by atoms with Crippen LogP contribution in [0.5, 0.6) is 5.75 Å². The summed E-state index contributed by atoms with van der Waals surface area (Å²) >= 11 is 5.91. The third-order valence-electron chi connectivity index (χ3n) is 3.41. The maximum Gasteiger partial charge on any atom is 0.328 e. The molecule has 0 spiro atoms. The number of esters is 1. The maximum atomic E-state index is 12.6. The molecule has 0 saturated carbocycles. The fraction of sp³-hybridized carbons (Fsp3) is 0.429. The predicted molar refractivity (Wildman–Crippen MR) is 75.5 cm³/mol. The van der Waals surface area contributed by atoms with Crippen molar-refractivity contribution in [2.45, 2.75) is 18.6 Å². The Hall–Kier alpha value is -1.79. The molecule has 1 amide bonds. The highest BCUT2D eigenvalue weighted by Crippen LogP contribution is 2.28. The van der Waals surface area contributed by atoms with E-state index in [1.807, 2.05) is 0 Å². The molecule has 1 N–H and O–H groups in total. The SMILES string of the molecule is COC(=O)C1CC(O)CN1C(=O)c1cc(Cl)ccc1OC. The van der Waals surface area contributed by atoms with Crippen molar-refractivity contribution in [3.8, 4) is 5.75 Å². The molecule has 2 rings (SSSR count). The van der Waals surface area contributed by atoms with Crippen LogP contribution in [-0.4, -0.2) is 54.8 Å². The van der Waals surface area contributed by atoms with Crippen molar-refractivity contribution in [3.05, 3.63) is 28.8 Å². The van der Waals surface area contributed by atoms with Gasteiger partial charge in [0.05, 0.1) is 25.9 Å². The number of halogens is 1. The van der Waals surface area contributed by atoms with Gasteiger partial charge in [0.1, 0.15) is 11.8 Å². The first kappa shape index (κ1) is 15.6. The molecule has 0 aromatic heterocycles. The Morgan fingerprint density at radius 1 is 1.38 bits per heavy atom. The molecule has 1 fully saturated rings. The molecule has 1 aromatic carbocycles. The number of hydrogen-bond acceptors (Lipinski definition) is 5. The number of hydrogen-bond donors (Lipinski definition) is 1. The van der Waals surface area contributed by atoms with E-state index in [-0.39, 0.29) is 18.5 Å². The monoisotopic (exact) mass is 313 g/mol. The summed E-state index contributed by atoms with van der Waals surface area (Å²) in [5.41, 5.74) is 0.244. The number of methoxy groups -OCH3 is 2. The second-order valence-corrected chi connectivity index (χ2v) is 5.17. The number of carbonyl (C=O) groups is 2. The van der Waals surface area contributed by atoms with Gasteiger partial charge in [-0.05, 0) is 18.2 Å². The first-order chi connectivity index (χ1) is 9.97. The second-order valence-electron chi connectivity index (χ2n) is 4.73. The lowest BCUT2D eigenvalue weighted by Gasteiger charge is -2.23. The molecule has 0 bridgehead atoms. The number of nitrogens with zero attached hydrogens (tertiary/aromatic N) is 1. The van der Waals surface area contributed by atoms with E-state index in [1.54, 1.807) is 12.1 Å². The van der Waals surface area contributed by atoms with Crippen LogP contribution < -0.4 is 4.74 Å². The smallest absolute Gasteiger partial charge is 0.328 e.